The topological polar surface area (TPSA) is 66.1 Å². The molecule has 234 valence electrons. The lowest BCUT2D eigenvalue weighted by Gasteiger charge is -2.20. The first-order chi connectivity index (χ1) is 24.6. The number of imide groups is 1. The Labute approximate surface area is 288 Å². The van der Waals surface area contributed by atoms with Gasteiger partial charge in [0.1, 0.15) is 0 Å². The Hall–Kier alpha value is -7.03. The predicted octanol–water partition coefficient (Wildman–Crippen LogP) is 10.5. The van der Waals surface area contributed by atoms with Crippen LogP contribution in [0.4, 0.5) is 5.69 Å². The Morgan fingerprint density at radius 2 is 1.08 bits per heavy atom. The molecule has 0 unspecified atom stereocenters. The molecule has 5 nitrogen and oxygen atoms in total. The number of benzene rings is 7. The van der Waals surface area contributed by atoms with Crippen LogP contribution in [-0.2, 0) is 0 Å². The van der Waals surface area contributed by atoms with E-state index in [-0.39, 0.29) is 11.8 Å². The van der Waals surface area contributed by atoms with Gasteiger partial charge in [0.05, 0.1) is 45.2 Å². The van der Waals surface area contributed by atoms with Crippen LogP contribution < -0.4 is 4.90 Å². The number of carbonyl (C=O) groups is 2. The predicted molar refractivity (Wildman–Crippen MR) is 199 cm³/mol. The number of amides is 2. The molecule has 50 heavy (non-hydrogen) atoms. The molecule has 0 atom stereocenters. The van der Waals surface area contributed by atoms with Crippen molar-refractivity contribution in [3.05, 3.63) is 180 Å². The number of aromatic nitrogens is 1. The highest BCUT2D eigenvalue weighted by atomic mass is 16.2. The van der Waals surface area contributed by atoms with Crippen LogP contribution in [0.3, 0.4) is 0 Å². The van der Waals surface area contributed by atoms with E-state index in [2.05, 4.69) is 28.8 Å². The lowest BCUT2D eigenvalue weighted by Crippen LogP contribution is -2.30. The third-order valence-electron chi connectivity index (χ3n) is 9.56. The van der Waals surface area contributed by atoms with Crippen LogP contribution in [0.2, 0.25) is 0 Å². The highest BCUT2D eigenvalue weighted by molar-refractivity contribution is 6.36. The molecule has 0 fully saturated rings. The molecular formula is C45H27N3O2. The van der Waals surface area contributed by atoms with Crippen LogP contribution in [0.5, 0.6) is 0 Å². The van der Waals surface area contributed by atoms with Gasteiger partial charge in [-0.15, -0.1) is 0 Å². The van der Waals surface area contributed by atoms with E-state index in [1.807, 2.05) is 133 Å². The van der Waals surface area contributed by atoms with Gasteiger partial charge in [0, 0.05) is 16.3 Å². The first kappa shape index (κ1) is 29.1. The van der Waals surface area contributed by atoms with Crippen molar-refractivity contribution < 1.29 is 9.59 Å². The van der Waals surface area contributed by atoms with Gasteiger partial charge in [-0.05, 0) is 76.3 Å². The molecule has 2 amide bonds. The van der Waals surface area contributed by atoms with Crippen molar-refractivity contribution in [1.29, 1.82) is 5.26 Å². The Morgan fingerprint density at radius 3 is 1.88 bits per heavy atom. The lowest BCUT2D eigenvalue weighted by atomic mass is 9.97. The second-order valence-corrected chi connectivity index (χ2v) is 12.4. The third-order valence-corrected chi connectivity index (χ3v) is 9.56. The van der Waals surface area contributed by atoms with Gasteiger partial charge in [0.2, 0.25) is 0 Å². The fraction of sp³-hybridized carbons (Fsp3) is 0. The van der Waals surface area contributed by atoms with E-state index in [1.165, 1.54) is 4.90 Å². The summed E-state index contributed by atoms with van der Waals surface area (Å²) in [5.41, 5.74) is 9.92. The normalized spacial score (nSPS) is 12.4. The highest BCUT2D eigenvalue weighted by Gasteiger charge is 2.40. The van der Waals surface area contributed by atoms with E-state index < -0.39 is 0 Å². The molecule has 0 aliphatic carbocycles. The summed E-state index contributed by atoms with van der Waals surface area (Å²) in [5.74, 6) is -0.714. The number of nitriles is 1. The minimum absolute atomic E-state index is 0.352. The summed E-state index contributed by atoms with van der Waals surface area (Å²) >= 11 is 0. The van der Waals surface area contributed by atoms with E-state index >= 15 is 0 Å². The zero-order chi connectivity index (χ0) is 33.8. The number of fused-ring (bicyclic) bond motifs is 4. The summed E-state index contributed by atoms with van der Waals surface area (Å²) in [5, 5.41) is 11.5. The summed E-state index contributed by atoms with van der Waals surface area (Å²) in [4.78, 5) is 30.6. The molecule has 0 saturated heterocycles. The van der Waals surface area contributed by atoms with Crippen LogP contribution in [0.15, 0.2) is 164 Å². The number of rotatable bonds is 5. The van der Waals surface area contributed by atoms with Crippen LogP contribution in [0.25, 0.3) is 60.9 Å². The zero-order valence-corrected chi connectivity index (χ0v) is 26.7. The third kappa shape index (κ3) is 4.55. The molecule has 2 heterocycles. The van der Waals surface area contributed by atoms with Crippen LogP contribution >= 0.6 is 0 Å². The average Bonchev–Trinajstić information content (AvgIpc) is 3.65. The van der Waals surface area contributed by atoms with E-state index in [1.54, 1.807) is 12.1 Å². The maximum atomic E-state index is 14.8. The molecule has 0 N–H and O–H groups in total. The lowest BCUT2D eigenvalue weighted by molar-refractivity contribution is 0.0926. The maximum Gasteiger partial charge on any atom is 0.268 e. The molecule has 0 radical (unpaired) electrons. The maximum absolute atomic E-state index is 14.8. The van der Waals surface area contributed by atoms with Crippen molar-refractivity contribution in [1.82, 2.24) is 4.57 Å². The van der Waals surface area contributed by atoms with Crippen molar-refractivity contribution in [2.75, 3.05) is 4.90 Å². The molecule has 1 aliphatic heterocycles. The Kier molecular flexibility index (Phi) is 6.75. The molecule has 0 spiro atoms. The molecule has 9 rings (SSSR count). The number of hydrogen-bond donors (Lipinski definition) is 0. The molecule has 8 aromatic rings. The molecule has 5 heteroatoms. The quantitative estimate of drug-likeness (QED) is 0.176. The standard InChI is InChI=1S/C45H27N3O2/c46-28-29-11-9-16-32(25-29)33-22-24-40-38(26-33)36-17-7-8-19-39(36)47(40)41-20-10-18-37-43(41)45(50)48(44(37)49)42-27-34(30-12-3-1-4-13-30)21-23-35(42)31-14-5-2-6-15-31/h1-27H. The minimum atomic E-state index is -0.362. The van der Waals surface area contributed by atoms with E-state index in [9.17, 15) is 14.9 Å². The number of anilines is 1. The summed E-state index contributed by atoms with van der Waals surface area (Å²) in [6, 6.07) is 55.5. The first-order valence-corrected chi connectivity index (χ1v) is 16.4. The van der Waals surface area contributed by atoms with Gasteiger partial charge in [0.25, 0.3) is 11.8 Å². The smallest absolute Gasteiger partial charge is 0.268 e. The molecule has 7 aromatic carbocycles. The van der Waals surface area contributed by atoms with Crippen molar-refractivity contribution in [3.8, 4) is 45.1 Å². The highest BCUT2D eigenvalue weighted by Crippen LogP contribution is 2.42. The summed E-state index contributed by atoms with van der Waals surface area (Å²) in [7, 11) is 0. The molecule has 0 saturated carbocycles. The molecular weight excluding hydrogens is 615 g/mol. The van der Waals surface area contributed by atoms with E-state index in [0.717, 1.165) is 55.2 Å². The van der Waals surface area contributed by atoms with E-state index in [0.29, 0.717) is 28.1 Å². The van der Waals surface area contributed by atoms with Gasteiger partial charge in [-0.1, -0.05) is 115 Å². The zero-order valence-electron chi connectivity index (χ0n) is 26.7. The second-order valence-electron chi connectivity index (χ2n) is 12.4. The van der Waals surface area contributed by atoms with E-state index in [4.69, 9.17) is 0 Å². The van der Waals surface area contributed by atoms with Crippen LogP contribution in [-0.4, -0.2) is 16.4 Å². The van der Waals surface area contributed by atoms with Crippen molar-refractivity contribution in [2.45, 2.75) is 0 Å². The number of nitrogens with zero attached hydrogens (tertiary/aromatic N) is 3. The largest absolute Gasteiger partial charge is 0.308 e. The van der Waals surface area contributed by atoms with Gasteiger partial charge >= 0.3 is 0 Å². The van der Waals surface area contributed by atoms with Crippen molar-refractivity contribution in [3.63, 3.8) is 0 Å². The monoisotopic (exact) mass is 641 g/mol. The van der Waals surface area contributed by atoms with Gasteiger partial charge in [-0.3, -0.25) is 9.59 Å². The number of hydrogen-bond acceptors (Lipinski definition) is 3. The molecule has 1 aromatic heterocycles. The fourth-order valence-electron chi connectivity index (χ4n) is 7.24. The second kappa shape index (κ2) is 11.6. The van der Waals surface area contributed by atoms with Gasteiger partial charge in [-0.2, -0.15) is 5.26 Å². The first-order valence-electron chi connectivity index (χ1n) is 16.4. The SMILES string of the molecule is N#Cc1cccc(-c2ccc3c(c2)c2ccccc2n3-c2cccc3c2C(=O)N(c2cc(-c4ccccc4)ccc2-c2ccccc2)C3=O)c1. The molecule has 0 bridgehead atoms. The Bertz CT molecular complexity index is 2700. The Balaban J connectivity index is 1.23. The Morgan fingerprint density at radius 1 is 0.440 bits per heavy atom. The van der Waals surface area contributed by atoms with Crippen LogP contribution in [0, 0.1) is 11.3 Å². The minimum Gasteiger partial charge on any atom is -0.308 e. The summed E-state index contributed by atoms with van der Waals surface area (Å²) in [6.07, 6.45) is 0. The van der Waals surface area contributed by atoms with Gasteiger partial charge in [0.15, 0.2) is 0 Å². The van der Waals surface area contributed by atoms with Crippen molar-refractivity contribution in [2.24, 2.45) is 0 Å². The molecule has 1 aliphatic rings. The summed E-state index contributed by atoms with van der Waals surface area (Å²) < 4.78 is 2.09. The summed E-state index contributed by atoms with van der Waals surface area (Å²) in [6.45, 7) is 0. The van der Waals surface area contributed by atoms with Gasteiger partial charge in [-0.25, -0.2) is 4.90 Å². The van der Waals surface area contributed by atoms with Crippen molar-refractivity contribution >= 4 is 39.3 Å². The number of para-hydroxylation sites is 1. The van der Waals surface area contributed by atoms with Crippen LogP contribution in [0.1, 0.15) is 26.3 Å². The van der Waals surface area contributed by atoms with Gasteiger partial charge < -0.3 is 4.57 Å². The average molecular weight is 642 g/mol. The fourth-order valence-corrected chi connectivity index (χ4v) is 7.24. The number of carbonyl (C=O) groups excluding carboxylic acids is 2.